The third kappa shape index (κ3) is 6.09. The fraction of sp³-hybridized carbons (Fsp3) is 0.441. The number of nitrogens with zero attached hydrogens (tertiary/aromatic N) is 4. The van der Waals surface area contributed by atoms with Gasteiger partial charge in [-0.1, -0.05) is 54.8 Å². The molecule has 7 nitrogen and oxygen atoms in total. The third-order valence-electron chi connectivity index (χ3n) is 8.81. The predicted octanol–water partition coefficient (Wildman–Crippen LogP) is 7.09. The highest BCUT2D eigenvalue weighted by Crippen LogP contribution is 2.33. The Morgan fingerprint density at radius 1 is 1.10 bits per heavy atom. The molecule has 0 amide bonds. The quantitative estimate of drug-likeness (QED) is 0.279. The smallest absolute Gasteiger partial charge is 0.171 e. The van der Waals surface area contributed by atoms with E-state index in [0.717, 1.165) is 65.5 Å². The molecule has 0 unspecified atom stereocenters. The van der Waals surface area contributed by atoms with Crippen LogP contribution in [-0.4, -0.2) is 52.4 Å². The van der Waals surface area contributed by atoms with Crippen molar-refractivity contribution in [1.29, 1.82) is 0 Å². The van der Waals surface area contributed by atoms with Gasteiger partial charge in [0, 0.05) is 24.7 Å². The number of fused-ring (bicyclic) bond motifs is 1. The Bertz CT molecular complexity index is 1430. The highest BCUT2D eigenvalue weighted by atomic mass is 16.6. The summed E-state index contributed by atoms with van der Waals surface area (Å²) in [6.07, 6.45) is 15.7. The van der Waals surface area contributed by atoms with E-state index in [1.807, 2.05) is 29.8 Å². The number of carbonyl (C=O) groups is 1. The molecule has 6 rings (SSSR count). The number of amidine groups is 1. The van der Waals surface area contributed by atoms with Crippen LogP contribution in [0.3, 0.4) is 0 Å². The number of aromatic nitrogens is 2. The predicted molar refractivity (Wildman–Crippen MR) is 162 cm³/mol. The number of ketones is 1. The summed E-state index contributed by atoms with van der Waals surface area (Å²) in [5, 5.41) is 4.47. The number of piperidine rings is 1. The van der Waals surface area contributed by atoms with Crippen LogP contribution in [0.1, 0.15) is 90.9 Å². The molecule has 1 aromatic heterocycles. The molecule has 1 aliphatic carbocycles. The molecular formula is C34H40N4O3. The van der Waals surface area contributed by atoms with Gasteiger partial charge in [0.15, 0.2) is 11.6 Å². The summed E-state index contributed by atoms with van der Waals surface area (Å²) in [6, 6.07) is 14.8. The molecule has 2 aliphatic heterocycles. The van der Waals surface area contributed by atoms with Crippen LogP contribution in [0.25, 0.3) is 11.8 Å². The van der Waals surface area contributed by atoms with Crippen molar-refractivity contribution in [2.45, 2.75) is 76.7 Å². The topological polar surface area (TPSA) is 69.0 Å². The van der Waals surface area contributed by atoms with Gasteiger partial charge in [0.1, 0.15) is 12.4 Å². The molecule has 1 saturated heterocycles. The van der Waals surface area contributed by atoms with Crippen molar-refractivity contribution in [3.05, 3.63) is 82.9 Å². The number of rotatable bonds is 8. The first-order chi connectivity index (χ1) is 20.1. The first-order valence-electron chi connectivity index (χ1n) is 15.1. The lowest BCUT2D eigenvalue weighted by Crippen LogP contribution is -2.49. The molecule has 3 heterocycles. The number of hydrogen-bond donors (Lipinski definition) is 0. The first-order valence-corrected chi connectivity index (χ1v) is 15.1. The summed E-state index contributed by atoms with van der Waals surface area (Å²) >= 11 is 0. The van der Waals surface area contributed by atoms with E-state index in [1.54, 1.807) is 13.4 Å². The van der Waals surface area contributed by atoms with Gasteiger partial charge in [0.05, 0.1) is 30.9 Å². The minimum Gasteiger partial charge on any atom is -0.495 e. The van der Waals surface area contributed by atoms with Gasteiger partial charge >= 0.3 is 0 Å². The lowest BCUT2D eigenvalue weighted by Gasteiger charge is -2.40. The van der Waals surface area contributed by atoms with Gasteiger partial charge < -0.3 is 19.0 Å². The maximum atomic E-state index is 13.1. The van der Waals surface area contributed by atoms with Crippen molar-refractivity contribution in [3.63, 3.8) is 0 Å². The summed E-state index contributed by atoms with van der Waals surface area (Å²) < 4.78 is 7.69. The minimum atomic E-state index is 0.137. The molecule has 2 aromatic carbocycles. The molecule has 1 saturated carbocycles. The zero-order valence-corrected chi connectivity index (χ0v) is 24.2. The second kappa shape index (κ2) is 12.3. The maximum absolute atomic E-state index is 13.1. The lowest BCUT2D eigenvalue weighted by molar-refractivity contribution is 0.0528. The van der Waals surface area contributed by atoms with Gasteiger partial charge in [-0.3, -0.25) is 4.79 Å². The van der Waals surface area contributed by atoms with Gasteiger partial charge in [-0.25, -0.2) is 4.98 Å². The van der Waals surface area contributed by atoms with E-state index in [1.165, 1.54) is 37.7 Å². The summed E-state index contributed by atoms with van der Waals surface area (Å²) in [5.74, 6) is 2.54. The number of methoxy groups -OCH3 is 1. The normalized spacial score (nSPS) is 20.3. The molecule has 214 valence electrons. The Labute approximate surface area is 242 Å². The second-order valence-electron chi connectivity index (χ2n) is 11.6. The van der Waals surface area contributed by atoms with Crippen LogP contribution in [0.5, 0.6) is 5.75 Å². The van der Waals surface area contributed by atoms with E-state index in [9.17, 15) is 4.79 Å². The van der Waals surface area contributed by atoms with Crippen molar-refractivity contribution in [3.8, 4) is 11.4 Å². The maximum Gasteiger partial charge on any atom is 0.171 e. The fourth-order valence-corrected chi connectivity index (χ4v) is 6.53. The highest BCUT2D eigenvalue weighted by Gasteiger charge is 2.32. The van der Waals surface area contributed by atoms with Crippen molar-refractivity contribution >= 4 is 17.7 Å². The molecule has 0 bridgehead atoms. The van der Waals surface area contributed by atoms with Gasteiger partial charge in [-0.2, -0.15) is 0 Å². The molecule has 3 aromatic rings. The summed E-state index contributed by atoms with van der Waals surface area (Å²) in [4.78, 5) is 25.5. The monoisotopic (exact) mass is 552 g/mol. The Morgan fingerprint density at radius 3 is 2.68 bits per heavy atom. The molecule has 41 heavy (non-hydrogen) atoms. The second-order valence-corrected chi connectivity index (χ2v) is 11.6. The number of hydrogen-bond acceptors (Lipinski definition) is 6. The summed E-state index contributed by atoms with van der Waals surface area (Å²) in [5.41, 5.74) is 6.32. The van der Waals surface area contributed by atoms with Gasteiger partial charge in [0.25, 0.3) is 0 Å². The summed E-state index contributed by atoms with van der Waals surface area (Å²) in [7, 11) is 1.69. The van der Waals surface area contributed by atoms with Crippen LogP contribution >= 0.6 is 0 Å². The van der Waals surface area contributed by atoms with E-state index >= 15 is 0 Å². The van der Waals surface area contributed by atoms with Crippen molar-refractivity contribution < 1.29 is 14.4 Å². The molecular weight excluding hydrogens is 512 g/mol. The minimum absolute atomic E-state index is 0.137. The highest BCUT2D eigenvalue weighted by molar-refractivity contribution is 6.03. The molecule has 0 radical (unpaired) electrons. The molecule has 7 heteroatoms. The Hall–Kier alpha value is -3.87. The van der Waals surface area contributed by atoms with Gasteiger partial charge in [-0.05, 0) is 79.9 Å². The Balaban J connectivity index is 1.11. The number of oxime groups is 1. The zero-order chi connectivity index (χ0) is 28.2. The number of carbonyl (C=O) groups excluding carboxylic acids is 1. The first kappa shape index (κ1) is 27.3. The van der Waals surface area contributed by atoms with Crippen LogP contribution in [0.15, 0.2) is 65.7 Å². The average molecular weight is 553 g/mol. The standard InChI is InChI=1S/C34H40N4O3/c1-24-21-37(23-35-24)31-16-10-25(20-33(31)40-2)19-29-9-6-18-38-30(22-41-36-34(29)38)15-17-32(39)28-13-11-27(12-14-28)26-7-4-3-5-8-26/h10-14,16,19-21,23,26,30H,3-9,15,17-18,22H2,1-2H3/b29-19+/t30-/m0/s1. The van der Waals surface area contributed by atoms with Crippen LogP contribution in [-0.2, 0) is 4.84 Å². The SMILES string of the molecule is COc1cc(/C=C2\CCCN3C2=NOC[C@@H]3CCC(=O)c2ccc(C3CCCCC3)cc2)ccc1-n1cnc(C)c1. The van der Waals surface area contributed by atoms with Crippen LogP contribution in [0, 0.1) is 6.92 Å². The molecule has 3 aliphatic rings. The van der Waals surface area contributed by atoms with Crippen molar-refractivity contribution in [2.24, 2.45) is 5.16 Å². The number of aryl methyl sites for hydroxylation is 1. The van der Waals surface area contributed by atoms with Gasteiger partial charge in [-0.15, -0.1) is 0 Å². The molecule has 1 atom stereocenters. The van der Waals surface area contributed by atoms with Crippen LogP contribution in [0.4, 0.5) is 0 Å². The van der Waals surface area contributed by atoms with Crippen LogP contribution in [0.2, 0.25) is 0 Å². The van der Waals surface area contributed by atoms with Gasteiger partial charge in [0.2, 0.25) is 0 Å². The average Bonchev–Trinajstić information content (AvgIpc) is 3.46. The molecule has 0 spiro atoms. The lowest BCUT2D eigenvalue weighted by atomic mass is 9.84. The fourth-order valence-electron chi connectivity index (χ4n) is 6.53. The Morgan fingerprint density at radius 2 is 1.93 bits per heavy atom. The van der Waals surface area contributed by atoms with E-state index in [0.29, 0.717) is 18.9 Å². The summed E-state index contributed by atoms with van der Waals surface area (Å²) in [6.45, 7) is 3.41. The Kier molecular flexibility index (Phi) is 8.21. The van der Waals surface area contributed by atoms with E-state index in [2.05, 4.69) is 51.4 Å². The molecule has 2 fully saturated rings. The van der Waals surface area contributed by atoms with Crippen LogP contribution < -0.4 is 4.74 Å². The van der Waals surface area contributed by atoms with E-state index in [-0.39, 0.29) is 11.8 Å². The number of Topliss-reactive ketones (excluding diaryl/α,β-unsaturated/α-hetero) is 1. The number of imidazole rings is 1. The largest absolute Gasteiger partial charge is 0.495 e. The number of ether oxygens (including phenoxy) is 1. The zero-order valence-electron chi connectivity index (χ0n) is 24.2. The van der Waals surface area contributed by atoms with Crippen molar-refractivity contribution in [1.82, 2.24) is 14.5 Å². The third-order valence-corrected chi connectivity index (χ3v) is 8.81. The van der Waals surface area contributed by atoms with Crippen molar-refractivity contribution in [2.75, 3.05) is 20.3 Å². The number of benzene rings is 2. The van der Waals surface area contributed by atoms with E-state index in [4.69, 9.17) is 9.57 Å². The molecule has 0 N–H and O–H groups in total. The van der Waals surface area contributed by atoms with E-state index < -0.39 is 0 Å².